The van der Waals surface area contributed by atoms with E-state index in [0.717, 1.165) is 25.1 Å². The first-order chi connectivity index (χ1) is 8.52. The third kappa shape index (κ3) is 2.93. The van der Waals surface area contributed by atoms with E-state index in [-0.39, 0.29) is 5.38 Å². The molecule has 1 aromatic carbocycles. The van der Waals surface area contributed by atoms with E-state index in [9.17, 15) is 0 Å². The van der Waals surface area contributed by atoms with Gasteiger partial charge in [-0.15, -0.1) is 22.9 Å². The van der Waals surface area contributed by atoms with E-state index in [1.54, 1.807) is 18.4 Å². The lowest BCUT2D eigenvalue weighted by molar-refractivity contribution is 0.416. The van der Waals surface area contributed by atoms with Crippen LogP contribution in [0.4, 0.5) is 0 Å². The first-order valence-corrected chi connectivity index (χ1v) is 8.15. The van der Waals surface area contributed by atoms with Crippen molar-refractivity contribution in [3.8, 4) is 5.75 Å². The average molecular weight is 411 g/mol. The summed E-state index contributed by atoms with van der Waals surface area (Å²) in [6.07, 6.45) is 0. The number of rotatable bonds is 3. The predicted molar refractivity (Wildman–Crippen MR) is 85.1 cm³/mol. The van der Waals surface area contributed by atoms with Crippen LogP contribution in [-0.2, 0) is 0 Å². The summed E-state index contributed by atoms with van der Waals surface area (Å²) in [4.78, 5) is 1.07. The molecule has 96 valence electrons. The summed E-state index contributed by atoms with van der Waals surface area (Å²) in [5, 5.41) is 1.78. The van der Waals surface area contributed by atoms with E-state index in [1.165, 1.54) is 5.56 Å². The van der Waals surface area contributed by atoms with E-state index in [2.05, 4.69) is 50.9 Å². The van der Waals surface area contributed by atoms with Crippen LogP contribution in [0, 0.1) is 6.92 Å². The highest BCUT2D eigenvalue weighted by atomic mass is 79.9. The summed E-state index contributed by atoms with van der Waals surface area (Å²) in [6, 6.07) is 6.10. The van der Waals surface area contributed by atoms with Gasteiger partial charge in [0.05, 0.1) is 12.5 Å². The lowest BCUT2D eigenvalue weighted by Gasteiger charge is -2.12. The molecule has 1 heterocycles. The topological polar surface area (TPSA) is 9.23 Å². The molecule has 0 aliphatic carbocycles. The molecule has 0 amide bonds. The van der Waals surface area contributed by atoms with Gasteiger partial charge in [-0.25, -0.2) is 0 Å². The summed E-state index contributed by atoms with van der Waals surface area (Å²) in [5.74, 6) is 0.850. The van der Waals surface area contributed by atoms with Crippen molar-refractivity contribution >= 4 is 54.8 Å². The summed E-state index contributed by atoms with van der Waals surface area (Å²) in [5.41, 5.74) is 2.23. The van der Waals surface area contributed by atoms with Gasteiger partial charge in [0.2, 0.25) is 0 Å². The molecule has 0 bridgehead atoms. The molecule has 0 N–H and O–H groups in total. The molecule has 1 aromatic heterocycles. The maximum absolute atomic E-state index is 6.54. The quantitative estimate of drug-likeness (QED) is 0.571. The van der Waals surface area contributed by atoms with Crippen LogP contribution in [0.5, 0.6) is 5.75 Å². The van der Waals surface area contributed by atoms with Gasteiger partial charge in [0, 0.05) is 19.2 Å². The Bertz CT molecular complexity index is 568. The molecule has 2 aromatic rings. The fourth-order valence-electron chi connectivity index (χ4n) is 1.58. The molecule has 1 unspecified atom stereocenters. The second-order valence-corrected chi connectivity index (χ2v) is 6.96. The van der Waals surface area contributed by atoms with E-state index in [0.29, 0.717) is 0 Å². The van der Waals surface area contributed by atoms with Gasteiger partial charge < -0.3 is 4.74 Å². The maximum Gasteiger partial charge on any atom is 0.129 e. The van der Waals surface area contributed by atoms with Crippen molar-refractivity contribution in [3.05, 3.63) is 48.5 Å². The Labute approximate surface area is 132 Å². The van der Waals surface area contributed by atoms with Crippen molar-refractivity contribution in [3.63, 3.8) is 0 Å². The van der Waals surface area contributed by atoms with Crippen LogP contribution in [-0.4, -0.2) is 7.11 Å². The minimum absolute atomic E-state index is 0.176. The monoisotopic (exact) mass is 408 g/mol. The number of benzene rings is 1. The van der Waals surface area contributed by atoms with E-state index in [1.807, 2.05) is 11.4 Å². The molecule has 18 heavy (non-hydrogen) atoms. The van der Waals surface area contributed by atoms with Crippen molar-refractivity contribution in [2.75, 3.05) is 7.11 Å². The van der Waals surface area contributed by atoms with E-state index >= 15 is 0 Å². The van der Waals surface area contributed by atoms with Gasteiger partial charge in [-0.05, 0) is 36.2 Å². The Morgan fingerprint density at radius 1 is 1.22 bits per heavy atom. The van der Waals surface area contributed by atoms with Crippen LogP contribution in [0.1, 0.15) is 21.4 Å². The Morgan fingerprint density at radius 2 is 1.94 bits per heavy atom. The van der Waals surface area contributed by atoms with Gasteiger partial charge in [0.25, 0.3) is 0 Å². The molecule has 0 fully saturated rings. The van der Waals surface area contributed by atoms with Gasteiger partial charge in [-0.2, -0.15) is 0 Å². The Kier molecular flexibility index (Phi) is 4.75. The average Bonchev–Trinajstić information content (AvgIpc) is 2.81. The van der Waals surface area contributed by atoms with Crippen LogP contribution in [0.25, 0.3) is 0 Å². The summed E-state index contributed by atoms with van der Waals surface area (Å²) in [6.45, 7) is 2.05. The predicted octanol–water partition coefficient (Wildman–Crippen LogP) is 5.92. The highest BCUT2D eigenvalue weighted by molar-refractivity contribution is 9.11. The Balaban J connectivity index is 2.39. The maximum atomic E-state index is 6.54. The smallest absolute Gasteiger partial charge is 0.129 e. The second-order valence-electron chi connectivity index (χ2n) is 3.87. The third-order valence-corrected chi connectivity index (χ3v) is 5.75. The number of ether oxygens (including phenoxy) is 1. The van der Waals surface area contributed by atoms with Crippen molar-refractivity contribution in [1.29, 1.82) is 0 Å². The number of alkyl halides is 1. The molecule has 0 saturated heterocycles. The van der Waals surface area contributed by atoms with E-state index < -0.39 is 0 Å². The van der Waals surface area contributed by atoms with Gasteiger partial charge in [0.15, 0.2) is 0 Å². The zero-order chi connectivity index (χ0) is 13.3. The minimum atomic E-state index is -0.176. The van der Waals surface area contributed by atoms with E-state index in [4.69, 9.17) is 16.3 Å². The second kappa shape index (κ2) is 5.95. The zero-order valence-corrected chi connectivity index (χ0v) is 14.6. The molecule has 1 atom stereocenters. The fraction of sp³-hybridized carbons (Fsp3) is 0.231. The largest absolute Gasteiger partial charge is 0.496 e. The zero-order valence-electron chi connectivity index (χ0n) is 9.84. The van der Waals surface area contributed by atoms with Crippen molar-refractivity contribution in [2.45, 2.75) is 12.3 Å². The molecular formula is C13H11Br2ClOS. The highest BCUT2D eigenvalue weighted by Gasteiger charge is 2.17. The molecule has 0 saturated carbocycles. The molecule has 0 radical (unpaired) electrons. The van der Waals surface area contributed by atoms with Crippen LogP contribution in [0.3, 0.4) is 0 Å². The Hall–Kier alpha value is -0.0300. The molecule has 2 rings (SSSR count). The molecule has 0 spiro atoms. The third-order valence-electron chi connectivity index (χ3n) is 2.63. The summed E-state index contributed by atoms with van der Waals surface area (Å²) >= 11 is 15.2. The number of hydrogen-bond acceptors (Lipinski definition) is 2. The lowest BCUT2D eigenvalue weighted by atomic mass is 10.1. The molecular weight excluding hydrogens is 399 g/mol. The molecule has 0 aliphatic heterocycles. The van der Waals surface area contributed by atoms with Crippen LogP contribution in [0.15, 0.2) is 32.5 Å². The first-order valence-electron chi connectivity index (χ1n) is 5.25. The van der Waals surface area contributed by atoms with Crippen molar-refractivity contribution in [1.82, 2.24) is 0 Å². The SMILES string of the molecule is COc1csc(C(Cl)c2cc(Br)c(C)cc2Br)c1. The lowest BCUT2D eigenvalue weighted by Crippen LogP contribution is -1.93. The number of hydrogen-bond donors (Lipinski definition) is 0. The number of thiophene rings is 1. The fourth-order valence-corrected chi connectivity index (χ4v) is 4.01. The van der Waals surface area contributed by atoms with Crippen molar-refractivity contribution < 1.29 is 4.74 Å². The summed E-state index contributed by atoms with van der Waals surface area (Å²) < 4.78 is 7.27. The van der Waals surface area contributed by atoms with Gasteiger partial charge in [-0.3, -0.25) is 0 Å². The van der Waals surface area contributed by atoms with Crippen LogP contribution in [0.2, 0.25) is 0 Å². The van der Waals surface area contributed by atoms with Crippen molar-refractivity contribution in [2.24, 2.45) is 0 Å². The van der Waals surface area contributed by atoms with Gasteiger partial charge >= 0.3 is 0 Å². The molecule has 0 aliphatic rings. The number of halogens is 3. The minimum Gasteiger partial charge on any atom is -0.496 e. The summed E-state index contributed by atoms with van der Waals surface area (Å²) in [7, 11) is 1.66. The first kappa shape index (κ1) is 14.4. The van der Waals surface area contributed by atoms with Crippen LogP contribution >= 0.6 is 54.8 Å². The van der Waals surface area contributed by atoms with Gasteiger partial charge in [-0.1, -0.05) is 31.9 Å². The Morgan fingerprint density at radius 3 is 2.56 bits per heavy atom. The molecule has 1 nitrogen and oxygen atoms in total. The normalized spacial score (nSPS) is 12.5. The number of aryl methyl sites for hydroxylation is 1. The highest BCUT2D eigenvalue weighted by Crippen LogP contribution is 2.40. The van der Waals surface area contributed by atoms with Gasteiger partial charge in [0.1, 0.15) is 5.75 Å². The van der Waals surface area contributed by atoms with Crippen LogP contribution < -0.4 is 4.74 Å². The number of methoxy groups -OCH3 is 1. The molecule has 5 heteroatoms. The standard InChI is InChI=1S/C13H11Br2ClOS/c1-7-3-11(15)9(5-10(7)14)13(16)12-4-8(17-2)6-18-12/h3-6,13H,1-2H3.